The second-order valence-electron chi connectivity index (χ2n) is 7.56. The normalized spacial score (nSPS) is 17.2. The highest BCUT2D eigenvalue weighted by Gasteiger charge is 2.25. The number of nitrogens with zero attached hydrogens (tertiary/aromatic N) is 6. The fourth-order valence-corrected chi connectivity index (χ4v) is 3.75. The average Bonchev–Trinajstić information content (AvgIpc) is 3.49. The molecule has 1 aliphatic heterocycles. The van der Waals surface area contributed by atoms with Gasteiger partial charge in [0.1, 0.15) is 11.5 Å². The Bertz CT molecular complexity index is 948. The molecule has 2 aliphatic rings. The quantitative estimate of drug-likeness (QED) is 0.639. The number of hydrogen-bond donors (Lipinski definition) is 0. The Morgan fingerprint density at radius 3 is 2.41 bits per heavy atom. The zero-order chi connectivity index (χ0) is 18.9. The number of aromatic nitrogens is 4. The molecule has 2 aromatic heterocycles. The first kappa shape index (κ1) is 19.8. The molecule has 29 heavy (non-hydrogen) atoms. The molecular weight excluding hydrogens is 391 g/mol. The maximum atomic E-state index is 13.3. The van der Waals surface area contributed by atoms with Crippen LogP contribution in [-0.2, 0) is 6.54 Å². The summed E-state index contributed by atoms with van der Waals surface area (Å²) in [5.41, 5.74) is 2.98. The van der Waals surface area contributed by atoms with E-state index in [9.17, 15) is 4.39 Å². The van der Waals surface area contributed by atoms with Crippen molar-refractivity contribution in [3.8, 4) is 11.3 Å². The van der Waals surface area contributed by atoms with Crippen LogP contribution in [0.1, 0.15) is 24.4 Å². The van der Waals surface area contributed by atoms with Gasteiger partial charge in [0.2, 0.25) is 0 Å². The van der Waals surface area contributed by atoms with Gasteiger partial charge in [-0.05, 0) is 37.1 Å². The van der Waals surface area contributed by atoms with E-state index in [1.807, 2.05) is 6.20 Å². The summed E-state index contributed by atoms with van der Waals surface area (Å²) >= 11 is 0. The van der Waals surface area contributed by atoms with Crippen molar-refractivity contribution < 1.29 is 4.39 Å². The summed E-state index contributed by atoms with van der Waals surface area (Å²) in [5.74, 6) is 0.628. The molecule has 2 fully saturated rings. The molecule has 1 aliphatic carbocycles. The van der Waals surface area contributed by atoms with Crippen molar-refractivity contribution in [3.63, 3.8) is 0 Å². The standard InChI is InChI=1S/C21H23FN6.ClH/c22-18-3-1-17(2-4-18)20-21(24-8-7-23-20)27-11-9-26(10-12-27)14-16-13-25-28(15-16)19-5-6-19;/h1-4,7-8,13,15,19H,5-6,9-12,14H2;1H. The van der Waals surface area contributed by atoms with Crippen molar-refractivity contribution in [2.75, 3.05) is 31.1 Å². The van der Waals surface area contributed by atoms with Gasteiger partial charge in [-0.3, -0.25) is 14.6 Å². The smallest absolute Gasteiger partial charge is 0.155 e. The molecule has 1 saturated carbocycles. The molecule has 0 N–H and O–H groups in total. The van der Waals surface area contributed by atoms with Gasteiger partial charge >= 0.3 is 0 Å². The maximum Gasteiger partial charge on any atom is 0.155 e. The van der Waals surface area contributed by atoms with E-state index < -0.39 is 0 Å². The second-order valence-corrected chi connectivity index (χ2v) is 7.56. The van der Waals surface area contributed by atoms with E-state index in [0.717, 1.165) is 49.8 Å². The number of benzene rings is 1. The van der Waals surface area contributed by atoms with Crippen LogP contribution in [0.5, 0.6) is 0 Å². The van der Waals surface area contributed by atoms with Gasteiger partial charge in [-0.25, -0.2) is 9.37 Å². The fraction of sp³-hybridized carbons (Fsp3) is 0.381. The van der Waals surface area contributed by atoms with Crippen LogP contribution in [0.15, 0.2) is 49.1 Å². The largest absolute Gasteiger partial charge is 0.352 e. The molecule has 3 heterocycles. The van der Waals surface area contributed by atoms with Crippen LogP contribution in [0, 0.1) is 5.82 Å². The molecule has 0 amide bonds. The van der Waals surface area contributed by atoms with Gasteiger partial charge in [-0.2, -0.15) is 5.10 Å². The van der Waals surface area contributed by atoms with Crippen molar-refractivity contribution in [3.05, 3.63) is 60.4 Å². The third-order valence-electron chi connectivity index (χ3n) is 5.45. The first-order valence-electron chi connectivity index (χ1n) is 9.83. The summed E-state index contributed by atoms with van der Waals surface area (Å²) in [4.78, 5) is 13.8. The Balaban J connectivity index is 0.00000205. The highest BCUT2D eigenvalue weighted by Crippen LogP contribution is 2.34. The minimum atomic E-state index is -0.243. The van der Waals surface area contributed by atoms with E-state index in [0.29, 0.717) is 6.04 Å². The van der Waals surface area contributed by atoms with Crippen molar-refractivity contribution in [2.24, 2.45) is 0 Å². The second kappa shape index (κ2) is 8.47. The van der Waals surface area contributed by atoms with Crippen molar-refractivity contribution in [1.29, 1.82) is 0 Å². The topological polar surface area (TPSA) is 50.1 Å². The molecule has 1 saturated heterocycles. The Labute approximate surface area is 175 Å². The highest BCUT2D eigenvalue weighted by molar-refractivity contribution is 5.85. The Morgan fingerprint density at radius 1 is 0.966 bits per heavy atom. The maximum absolute atomic E-state index is 13.3. The van der Waals surface area contributed by atoms with Gasteiger partial charge in [0.25, 0.3) is 0 Å². The van der Waals surface area contributed by atoms with E-state index in [2.05, 4.69) is 35.7 Å². The van der Waals surface area contributed by atoms with Crippen molar-refractivity contribution >= 4 is 18.2 Å². The molecule has 1 aromatic carbocycles. The molecule has 0 unspecified atom stereocenters. The summed E-state index contributed by atoms with van der Waals surface area (Å²) in [6, 6.07) is 7.08. The monoisotopic (exact) mass is 414 g/mol. The summed E-state index contributed by atoms with van der Waals surface area (Å²) in [5, 5.41) is 4.49. The van der Waals surface area contributed by atoms with Crippen LogP contribution in [0.2, 0.25) is 0 Å². The average molecular weight is 415 g/mol. The molecule has 6 nitrogen and oxygen atoms in total. The van der Waals surface area contributed by atoms with Crippen LogP contribution >= 0.6 is 12.4 Å². The van der Waals surface area contributed by atoms with E-state index in [1.54, 1.807) is 24.5 Å². The molecule has 0 spiro atoms. The van der Waals surface area contributed by atoms with Gasteiger partial charge in [0.05, 0.1) is 12.2 Å². The molecular formula is C21H24ClFN6. The van der Waals surface area contributed by atoms with Crippen LogP contribution in [0.3, 0.4) is 0 Å². The molecule has 5 rings (SSSR count). The van der Waals surface area contributed by atoms with E-state index in [1.165, 1.54) is 30.5 Å². The van der Waals surface area contributed by atoms with Crippen LogP contribution < -0.4 is 4.90 Å². The molecule has 8 heteroatoms. The third kappa shape index (κ3) is 4.41. The number of rotatable bonds is 5. The molecule has 0 radical (unpaired) electrons. The number of piperazine rings is 1. The lowest BCUT2D eigenvalue weighted by atomic mass is 10.1. The number of anilines is 1. The van der Waals surface area contributed by atoms with Gasteiger partial charge in [-0.1, -0.05) is 0 Å². The molecule has 3 aromatic rings. The van der Waals surface area contributed by atoms with Gasteiger partial charge in [0.15, 0.2) is 5.82 Å². The Hall–Kier alpha value is -2.51. The Kier molecular flexibility index (Phi) is 5.78. The molecule has 0 atom stereocenters. The van der Waals surface area contributed by atoms with E-state index in [-0.39, 0.29) is 18.2 Å². The lowest BCUT2D eigenvalue weighted by molar-refractivity contribution is 0.249. The van der Waals surface area contributed by atoms with E-state index in [4.69, 9.17) is 0 Å². The van der Waals surface area contributed by atoms with Gasteiger partial charge in [0, 0.05) is 62.4 Å². The number of halogens is 2. The SMILES string of the molecule is Cl.Fc1ccc(-c2nccnc2N2CCN(Cc3cnn(C4CC4)c3)CC2)cc1. The van der Waals surface area contributed by atoms with Gasteiger partial charge < -0.3 is 4.90 Å². The van der Waals surface area contributed by atoms with E-state index >= 15 is 0 Å². The number of hydrogen-bond acceptors (Lipinski definition) is 5. The summed E-state index contributed by atoms with van der Waals surface area (Å²) in [6.45, 7) is 4.65. The minimum Gasteiger partial charge on any atom is -0.352 e. The van der Waals surface area contributed by atoms with Gasteiger partial charge in [-0.15, -0.1) is 12.4 Å². The van der Waals surface area contributed by atoms with Crippen LogP contribution in [0.25, 0.3) is 11.3 Å². The van der Waals surface area contributed by atoms with Crippen molar-refractivity contribution in [2.45, 2.75) is 25.4 Å². The first-order chi connectivity index (χ1) is 13.8. The summed E-state index contributed by atoms with van der Waals surface area (Å²) < 4.78 is 15.4. The lowest BCUT2D eigenvalue weighted by Crippen LogP contribution is -2.46. The van der Waals surface area contributed by atoms with Crippen LogP contribution in [0.4, 0.5) is 10.2 Å². The molecule has 0 bridgehead atoms. The fourth-order valence-electron chi connectivity index (χ4n) is 3.75. The molecule has 152 valence electrons. The first-order valence-corrected chi connectivity index (χ1v) is 9.83. The predicted octanol–water partition coefficient (Wildman–Crippen LogP) is 3.56. The zero-order valence-corrected chi connectivity index (χ0v) is 16.9. The van der Waals surface area contributed by atoms with Crippen molar-refractivity contribution in [1.82, 2.24) is 24.6 Å². The lowest BCUT2D eigenvalue weighted by Gasteiger charge is -2.35. The summed E-state index contributed by atoms with van der Waals surface area (Å²) in [7, 11) is 0. The summed E-state index contributed by atoms with van der Waals surface area (Å²) in [6.07, 6.45) is 10.1. The predicted molar refractivity (Wildman–Crippen MR) is 113 cm³/mol. The third-order valence-corrected chi connectivity index (χ3v) is 5.45. The zero-order valence-electron chi connectivity index (χ0n) is 16.1. The minimum absolute atomic E-state index is 0. The highest BCUT2D eigenvalue weighted by atomic mass is 35.5. The van der Waals surface area contributed by atoms with Crippen LogP contribution in [-0.4, -0.2) is 50.8 Å². The Morgan fingerprint density at radius 2 is 1.69 bits per heavy atom.